The molecule has 84 valence electrons. The topological polar surface area (TPSA) is 95.6 Å². The van der Waals surface area contributed by atoms with Crippen molar-refractivity contribution < 1.29 is 4.79 Å². The molecule has 0 bridgehead atoms. The molecule has 2 rings (SSSR count). The molecule has 3 N–H and O–H groups in total. The molecule has 0 aliphatic heterocycles. The lowest BCUT2D eigenvalue weighted by atomic mass is 10.6. The predicted octanol–water partition coefficient (Wildman–Crippen LogP) is 0.945. The van der Waals surface area contributed by atoms with Gasteiger partial charge in [-0.05, 0) is 6.92 Å². The Morgan fingerprint density at radius 1 is 1.56 bits per heavy atom. The van der Waals surface area contributed by atoms with Crippen molar-refractivity contribution in [1.82, 2.24) is 20.2 Å². The third-order valence-corrected chi connectivity index (χ3v) is 2.56. The summed E-state index contributed by atoms with van der Waals surface area (Å²) in [5, 5.41) is 14.1. The number of imidazole rings is 1. The number of nitrogens with zero attached hydrogens (tertiary/aromatic N) is 3. The van der Waals surface area contributed by atoms with Crippen molar-refractivity contribution in [1.29, 1.82) is 0 Å². The van der Waals surface area contributed by atoms with Crippen LogP contribution in [0.15, 0.2) is 12.4 Å². The summed E-state index contributed by atoms with van der Waals surface area (Å²) in [6, 6.07) is 0. The van der Waals surface area contributed by atoms with Gasteiger partial charge in [-0.25, -0.2) is 4.98 Å². The highest BCUT2D eigenvalue weighted by Gasteiger charge is 2.13. The van der Waals surface area contributed by atoms with Crippen molar-refractivity contribution in [2.24, 2.45) is 0 Å². The molecule has 0 radical (unpaired) electrons. The van der Waals surface area contributed by atoms with Gasteiger partial charge in [0.05, 0.1) is 0 Å². The quantitative estimate of drug-likeness (QED) is 0.737. The maximum absolute atomic E-state index is 11.6. The van der Waals surface area contributed by atoms with E-state index in [1.54, 1.807) is 12.4 Å². The highest BCUT2D eigenvalue weighted by Crippen LogP contribution is 2.15. The molecular formula is C8H10N6OS. The monoisotopic (exact) mass is 238 g/mol. The number of anilines is 2. The smallest absolute Gasteiger partial charge is 0.289 e. The molecule has 16 heavy (non-hydrogen) atoms. The van der Waals surface area contributed by atoms with Crippen LogP contribution >= 0.6 is 11.3 Å². The first kappa shape index (κ1) is 10.6. The molecular weight excluding hydrogens is 228 g/mol. The minimum Gasteiger partial charge on any atom is -0.360 e. The molecule has 0 aromatic carbocycles. The Morgan fingerprint density at radius 2 is 2.44 bits per heavy atom. The van der Waals surface area contributed by atoms with Gasteiger partial charge in [0.2, 0.25) is 16.1 Å². The van der Waals surface area contributed by atoms with E-state index in [9.17, 15) is 4.79 Å². The summed E-state index contributed by atoms with van der Waals surface area (Å²) < 4.78 is 0. The van der Waals surface area contributed by atoms with Crippen molar-refractivity contribution in [3.05, 3.63) is 17.4 Å². The van der Waals surface area contributed by atoms with Crippen LogP contribution in [0.2, 0.25) is 0 Å². The summed E-state index contributed by atoms with van der Waals surface area (Å²) in [7, 11) is 0. The third kappa shape index (κ3) is 2.34. The largest absolute Gasteiger partial charge is 0.360 e. The van der Waals surface area contributed by atoms with E-state index < -0.39 is 0 Å². The van der Waals surface area contributed by atoms with Crippen LogP contribution in [-0.4, -0.2) is 32.6 Å². The van der Waals surface area contributed by atoms with Gasteiger partial charge in [0.1, 0.15) is 0 Å². The fraction of sp³-hybridized carbons (Fsp3) is 0.250. The number of hydrogen-bond acceptors (Lipinski definition) is 6. The molecule has 0 aliphatic rings. The fourth-order valence-electron chi connectivity index (χ4n) is 1.03. The first-order valence-corrected chi connectivity index (χ1v) is 5.49. The van der Waals surface area contributed by atoms with Crippen LogP contribution in [0.25, 0.3) is 0 Å². The number of carbonyl (C=O) groups is 1. The standard InChI is InChI=1S/C8H10N6OS/c1-2-9-8-14-13-6(16-8)5(15)12-7-10-3-4-11-7/h3-4H,2H2,1H3,(H,9,14)(H2,10,11,12,15). The summed E-state index contributed by atoms with van der Waals surface area (Å²) >= 11 is 1.20. The Kier molecular flexibility index (Phi) is 3.10. The Morgan fingerprint density at radius 3 is 3.12 bits per heavy atom. The minimum atomic E-state index is -0.323. The van der Waals surface area contributed by atoms with Crippen LogP contribution in [0.1, 0.15) is 16.7 Å². The summed E-state index contributed by atoms with van der Waals surface area (Å²) in [6.45, 7) is 2.69. The van der Waals surface area contributed by atoms with Crippen molar-refractivity contribution in [3.63, 3.8) is 0 Å². The molecule has 0 fully saturated rings. The number of nitrogens with one attached hydrogen (secondary N) is 3. The highest BCUT2D eigenvalue weighted by molar-refractivity contribution is 7.17. The van der Waals surface area contributed by atoms with Gasteiger partial charge in [-0.3, -0.25) is 10.1 Å². The average molecular weight is 238 g/mol. The Hall–Kier alpha value is -1.96. The first-order valence-electron chi connectivity index (χ1n) is 4.67. The molecule has 0 saturated heterocycles. The highest BCUT2D eigenvalue weighted by atomic mass is 32.1. The molecule has 2 heterocycles. The van der Waals surface area contributed by atoms with Crippen LogP contribution in [0.4, 0.5) is 11.1 Å². The predicted molar refractivity (Wildman–Crippen MR) is 60.6 cm³/mol. The zero-order valence-corrected chi connectivity index (χ0v) is 9.34. The number of rotatable bonds is 4. The van der Waals surface area contributed by atoms with Crippen molar-refractivity contribution in [2.75, 3.05) is 17.2 Å². The van der Waals surface area contributed by atoms with Crippen molar-refractivity contribution in [2.45, 2.75) is 6.92 Å². The van der Waals surface area contributed by atoms with E-state index in [4.69, 9.17) is 0 Å². The molecule has 0 aliphatic carbocycles. The summed E-state index contributed by atoms with van der Waals surface area (Å²) in [5.74, 6) is 0.0711. The summed E-state index contributed by atoms with van der Waals surface area (Å²) in [5.41, 5.74) is 0. The Labute approximate surface area is 95.3 Å². The summed E-state index contributed by atoms with van der Waals surface area (Å²) in [4.78, 5) is 18.3. The second-order valence-corrected chi connectivity index (χ2v) is 3.81. The van der Waals surface area contributed by atoms with E-state index in [2.05, 4.69) is 30.8 Å². The van der Waals surface area contributed by atoms with E-state index in [0.29, 0.717) is 16.1 Å². The first-order chi connectivity index (χ1) is 7.79. The van der Waals surface area contributed by atoms with Gasteiger partial charge in [-0.15, -0.1) is 10.2 Å². The maximum atomic E-state index is 11.6. The number of aromatic amines is 1. The van der Waals surface area contributed by atoms with Gasteiger partial charge in [-0.1, -0.05) is 11.3 Å². The Bertz CT molecular complexity index is 465. The van der Waals surface area contributed by atoms with Gasteiger partial charge in [0.15, 0.2) is 0 Å². The van der Waals surface area contributed by atoms with E-state index >= 15 is 0 Å². The number of carbonyl (C=O) groups excluding carboxylic acids is 1. The second kappa shape index (κ2) is 4.71. The van der Waals surface area contributed by atoms with Crippen molar-refractivity contribution in [3.8, 4) is 0 Å². The fourth-order valence-corrected chi connectivity index (χ4v) is 1.74. The zero-order chi connectivity index (χ0) is 11.4. The van der Waals surface area contributed by atoms with Crippen LogP contribution in [-0.2, 0) is 0 Å². The van der Waals surface area contributed by atoms with Gasteiger partial charge < -0.3 is 10.3 Å². The molecule has 0 atom stereocenters. The van der Waals surface area contributed by atoms with Crippen LogP contribution in [0, 0.1) is 0 Å². The number of hydrogen-bond donors (Lipinski definition) is 3. The minimum absolute atomic E-state index is 0.298. The molecule has 2 aromatic rings. The lowest BCUT2D eigenvalue weighted by Gasteiger charge is -1.96. The molecule has 2 aromatic heterocycles. The third-order valence-electron chi connectivity index (χ3n) is 1.68. The normalized spacial score (nSPS) is 10.1. The van der Waals surface area contributed by atoms with E-state index in [-0.39, 0.29) is 5.91 Å². The van der Waals surface area contributed by atoms with Gasteiger partial charge in [0.25, 0.3) is 5.91 Å². The van der Waals surface area contributed by atoms with Crippen LogP contribution in [0.3, 0.4) is 0 Å². The molecule has 0 saturated carbocycles. The molecule has 8 heteroatoms. The van der Waals surface area contributed by atoms with E-state index in [1.807, 2.05) is 6.92 Å². The number of amides is 1. The maximum Gasteiger partial charge on any atom is 0.289 e. The summed E-state index contributed by atoms with van der Waals surface area (Å²) in [6.07, 6.45) is 3.18. The van der Waals surface area contributed by atoms with E-state index in [0.717, 1.165) is 6.54 Å². The number of aromatic nitrogens is 4. The zero-order valence-electron chi connectivity index (χ0n) is 8.52. The number of H-pyrrole nitrogens is 1. The molecule has 7 nitrogen and oxygen atoms in total. The average Bonchev–Trinajstić information content (AvgIpc) is 2.89. The second-order valence-electron chi connectivity index (χ2n) is 2.83. The van der Waals surface area contributed by atoms with Gasteiger partial charge in [-0.2, -0.15) is 0 Å². The van der Waals surface area contributed by atoms with Gasteiger partial charge >= 0.3 is 0 Å². The molecule has 1 amide bonds. The van der Waals surface area contributed by atoms with Crippen LogP contribution < -0.4 is 10.6 Å². The molecule has 0 spiro atoms. The molecule has 0 unspecified atom stereocenters. The SMILES string of the molecule is CCNc1nnc(C(=O)Nc2ncc[nH]2)s1. The Balaban J connectivity index is 2.03. The van der Waals surface area contributed by atoms with Crippen LogP contribution in [0.5, 0.6) is 0 Å². The van der Waals surface area contributed by atoms with Crippen molar-refractivity contribution >= 4 is 28.3 Å². The lowest BCUT2D eigenvalue weighted by Crippen LogP contribution is -2.12. The van der Waals surface area contributed by atoms with Gasteiger partial charge in [0, 0.05) is 18.9 Å². The van der Waals surface area contributed by atoms with E-state index in [1.165, 1.54) is 11.3 Å². The lowest BCUT2D eigenvalue weighted by molar-refractivity contribution is 0.102.